The van der Waals surface area contributed by atoms with Crippen LogP contribution in [0.4, 0.5) is 5.82 Å². The Bertz CT molecular complexity index is 1290. The molecule has 0 aliphatic carbocycles. The lowest BCUT2D eigenvalue weighted by molar-refractivity contribution is -0.109. The van der Waals surface area contributed by atoms with E-state index < -0.39 is 0 Å². The Morgan fingerprint density at radius 2 is 1.91 bits per heavy atom. The molecule has 0 bridgehead atoms. The highest BCUT2D eigenvalue weighted by Gasteiger charge is 2.24. The fraction of sp³-hybridized carbons (Fsp3) is 0.250. The molecular weight excluding hydrogens is 459 g/mol. The highest BCUT2D eigenvalue weighted by Crippen LogP contribution is 2.34. The van der Waals surface area contributed by atoms with Gasteiger partial charge in [0, 0.05) is 28.9 Å². The number of anilines is 1. The molecule has 1 fully saturated rings. The SMILES string of the molecule is O=CCN1CCC[C@@H](Nc2ncnc3c2nc(-c2ccccc2Cl)n3-c2ccc(Cl)cc2)C1. The van der Waals surface area contributed by atoms with Crippen LogP contribution >= 0.6 is 23.2 Å². The van der Waals surface area contributed by atoms with Crippen LogP contribution in [0.2, 0.25) is 10.0 Å². The van der Waals surface area contributed by atoms with Crippen molar-refractivity contribution in [2.75, 3.05) is 25.0 Å². The topological polar surface area (TPSA) is 75.9 Å². The number of piperidine rings is 1. The average molecular weight is 481 g/mol. The molecule has 2 aromatic heterocycles. The van der Waals surface area contributed by atoms with Gasteiger partial charge in [0.2, 0.25) is 0 Å². The number of halogens is 2. The van der Waals surface area contributed by atoms with Gasteiger partial charge in [0.05, 0.1) is 11.6 Å². The lowest BCUT2D eigenvalue weighted by Gasteiger charge is -2.32. The van der Waals surface area contributed by atoms with Crippen molar-refractivity contribution in [1.82, 2.24) is 24.4 Å². The summed E-state index contributed by atoms with van der Waals surface area (Å²) in [6.07, 6.45) is 4.51. The van der Waals surface area contributed by atoms with Gasteiger partial charge in [0.1, 0.15) is 18.4 Å². The first kappa shape index (κ1) is 21.8. The van der Waals surface area contributed by atoms with Crippen LogP contribution in [0.5, 0.6) is 0 Å². The van der Waals surface area contributed by atoms with Crippen LogP contribution in [0.15, 0.2) is 54.9 Å². The molecule has 5 rings (SSSR count). The minimum Gasteiger partial charge on any atom is -0.364 e. The van der Waals surface area contributed by atoms with Gasteiger partial charge >= 0.3 is 0 Å². The molecule has 2 aromatic carbocycles. The van der Waals surface area contributed by atoms with Gasteiger partial charge in [0.15, 0.2) is 17.0 Å². The number of benzene rings is 2. The first-order valence-electron chi connectivity index (χ1n) is 10.8. The van der Waals surface area contributed by atoms with E-state index in [-0.39, 0.29) is 6.04 Å². The Kier molecular flexibility index (Phi) is 6.26. The largest absolute Gasteiger partial charge is 0.364 e. The zero-order valence-corrected chi connectivity index (χ0v) is 19.3. The van der Waals surface area contributed by atoms with Crippen LogP contribution < -0.4 is 5.32 Å². The number of aldehydes is 1. The molecule has 0 saturated carbocycles. The Morgan fingerprint density at radius 3 is 2.70 bits per heavy atom. The molecule has 0 amide bonds. The summed E-state index contributed by atoms with van der Waals surface area (Å²) in [5.74, 6) is 1.34. The summed E-state index contributed by atoms with van der Waals surface area (Å²) >= 11 is 12.7. The Hall–Kier alpha value is -3.00. The van der Waals surface area contributed by atoms with Gasteiger partial charge < -0.3 is 10.1 Å². The normalized spacial score (nSPS) is 16.7. The van der Waals surface area contributed by atoms with Gasteiger partial charge in [-0.05, 0) is 55.8 Å². The van der Waals surface area contributed by atoms with Crippen molar-refractivity contribution in [3.63, 3.8) is 0 Å². The third kappa shape index (κ3) is 4.44. The molecule has 0 radical (unpaired) electrons. The molecule has 1 atom stereocenters. The number of rotatable bonds is 6. The summed E-state index contributed by atoms with van der Waals surface area (Å²) in [6.45, 7) is 2.15. The summed E-state index contributed by atoms with van der Waals surface area (Å²) in [7, 11) is 0. The number of nitrogens with one attached hydrogen (secondary N) is 1. The zero-order valence-electron chi connectivity index (χ0n) is 17.8. The predicted octanol–water partition coefficient (Wildman–Crippen LogP) is 4.86. The fourth-order valence-electron chi connectivity index (χ4n) is 4.29. The van der Waals surface area contributed by atoms with Crippen molar-refractivity contribution in [3.05, 3.63) is 64.9 Å². The predicted molar refractivity (Wildman–Crippen MR) is 131 cm³/mol. The molecule has 0 spiro atoms. The van der Waals surface area contributed by atoms with Gasteiger partial charge in [-0.15, -0.1) is 0 Å². The first-order valence-corrected chi connectivity index (χ1v) is 11.6. The standard InChI is InChI=1S/C24H22Cl2N6O/c25-16-7-9-18(10-8-16)32-23(19-5-1-2-6-20(19)26)30-21-22(27-15-28-24(21)32)29-17-4-3-11-31(14-17)12-13-33/h1-2,5-10,13,15,17H,3-4,11-12,14H2,(H,27,28,29)/t17-/m1/s1. The van der Waals surface area contributed by atoms with Gasteiger partial charge in [-0.1, -0.05) is 35.3 Å². The number of hydrogen-bond donors (Lipinski definition) is 1. The number of likely N-dealkylation sites (tertiary alicyclic amines) is 1. The van der Waals surface area contributed by atoms with E-state index in [1.54, 1.807) is 6.33 Å². The molecule has 1 N–H and O–H groups in total. The summed E-state index contributed by atoms with van der Waals surface area (Å²) in [6, 6.07) is 15.3. The second-order valence-electron chi connectivity index (χ2n) is 8.03. The van der Waals surface area contributed by atoms with E-state index in [1.165, 1.54) is 0 Å². The molecule has 33 heavy (non-hydrogen) atoms. The maximum absolute atomic E-state index is 11.0. The van der Waals surface area contributed by atoms with Gasteiger partial charge in [-0.3, -0.25) is 9.47 Å². The van der Waals surface area contributed by atoms with Crippen LogP contribution in [-0.4, -0.2) is 56.4 Å². The van der Waals surface area contributed by atoms with Crippen LogP contribution in [0.3, 0.4) is 0 Å². The van der Waals surface area contributed by atoms with Crippen molar-refractivity contribution >= 4 is 46.5 Å². The van der Waals surface area contributed by atoms with E-state index in [1.807, 2.05) is 53.1 Å². The zero-order chi connectivity index (χ0) is 22.8. The van der Waals surface area contributed by atoms with Crippen molar-refractivity contribution in [2.45, 2.75) is 18.9 Å². The summed E-state index contributed by atoms with van der Waals surface area (Å²) in [5.41, 5.74) is 3.00. The van der Waals surface area contributed by atoms with Crippen molar-refractivity contribution in [2.24, 2.45) is 0 Å². The van der Waals surface area contributed by atoms with Crippen molar-refractivity contribution in [3.8, 4) is 17.1 Å². The Balaban J connectivity index is 1.62. The molecule has 3 heterocycles. The number of carbonyl (C=O) groups is 1. The van der Waals surface area contributed by atoms with Gasteiger partial charge in [-0.25, -0.2) is 15.0 Å². The minimum absolute atomic E-state index is 0.168. The van der Waals surface area contributed by atoms with E-state index in [4.69, 9.17) is 28.2 Å². The number of nitrogens with zero attached hydrogens (tertiary/aromatic N) is 5. The van der Waals surface area contributed by atoms with Crippen LogP contribution in [0.1, 0.15) is 12.8 Å². The summed E-state index contributed by atoms with van der Waals surface area (Å²) < 4.78 is 1.97. The van der Waals surface area contributed by atoms with E-state index in [2.05, 4.69) is 20.2 Å². The lowest BCUT2D eigenvalue weighted by atomic mass is 10.1. The van der Waals surface area contributed by atoms with Crippen LogP contribution in [0.25, 0.3) is 28.2 Å². The number of carbonyl (C=O) groups excluding carboxylic acids is 1. The molecule has 0 unspecified atom stereocenters. The summed E-state index contributed by atoms with van der Waals surface area (Å²) in [5, 5.41) is 4.79. The highest BCUT2D eigenvalue weighted by molar-refractivity contribution is 6.33. The molecular formula is C24H22Cl2N6O. The second-order valence-corrected chi connectivity index (χ2v) is 8.87. The quantitative estimate of drug-likeness (QED) is 0.397. The molecule has 168 valence electrons. The Morgan fingerprint density at radius 1 is 1.09 bits per heavy atom. The monoisotopic (exact) mass is 480 g/mol. The minimum atomic E-state index is 0.168. The van der Waals surface area contributed by atoms with Gasteiger partial charge in [-0.2, -0.15) is 0 Å². The highest BCUT2D eigenvalue weighted by atomic mass is 35.5. The maximum Gasteiger partial charge on any atom is 0.170 e. The molecule has 1 aliphatic heterocycles. The molecule has 1 saturated heterocycles. The van der Waals surface area contributed by atoms with E-state index >= 15 is 0 Å². The van der Waals surface area contributed by atoms with Crippen molar-refractivity contribution in [1.29, 1.82) is 0 Å². The average Bonchev–Trinajstić information content (AvgIpc) is 3.21. The van der Waals surface area contributed by atoms with Crippen LogP contribution in [0, 0.1) is 0 Å². The molecule has 4 aromatic rings. The van der Waals surface area contributed by atoms with E-state index in [0.717, 1.165) is 43.5 Å². The molecule has 1 aliphatic rings. The fourth-order valence-corrected chi connectivity index (χ4v) is 4.64. The van der Waals surface area contributed by atoms with E-state index in [0.29, 0.717) is 39.4 Å². The number of aromatic nitrogens is 4. The lowest BCUT2D eigenvalue weighted by Crippen LogP contribution is -2.42. The number of hydrogen-bond acceptors (Lipinski definition) is 6. The Labute approximate surface area is 201 Å². The summed E-state index contributed by atoms with van der Waals surface area (Å²) in [4.78, 5) is 27.1. The van der Waals surface area contributed by atoms with E-state index in [9.17, 15) is 4.79 Å². The number of fused-ring (bicyclic) bond motifs is 1. The van der Waals surface area contributed by atoms with Crippen LogP contribution in [-0.2, 0) is 4.79 Å². The smallest absolute Gasteiger partial charge is 0.170 e. The number of imidazole rings is 1. The first-order chi connectivity index (χ1) is 16.1. The third-order valence-corrected chi connectivity index (χ3v) is 6.40. The third-order valence-electron chi connectivity index (χ3n) is 5.82. The van der Waals surface area contributed by atoms with Crippen molar-refractivity contribution < 1.29 is 4.79 Å². The molecule has 7 nitrogen and oxygen atoms in total. The maximum atomic E-state index is 11.0. The second kappa shape index (κ2) is 9.47. The molecule has 9 heteroatoms. The van der Waals surface area contributed by atoms with Gasteiger partial charge in [0.25, 0.3) is 0 Å².